The molecule has 0 amide bonds. The molecular weight excluding hydrogens is 443 g/mol. The summed E-state index contributed by atoms with van der Waals surface area (Å²) in [6.07, 6.45) is 2.88. The number of aromatic amines is 1. The van der Waals surface area contributed by atoms with Crippen LogP contribution in [0.2, 0.25) is 0 Å². The number of hydrogen-bond acceptors (Lipinski definition) is 5. The van der Waals surface area contributed by atoms with Crippen LogP contribution in [0.4, 0.5) is 10.1 Å². The Hall–Kier alpha value is -3.91. The van der Waals surface area contributed by atoms with Crippen LogP contribution in [-0.2, 0) is 11.3 Å². The smallest absolute Gasteiger partial charge is 0.327 e. The minimum atomic E-state index is -1.11. The Morgan fingerprint density at radius 1 is 1.21 bits per heavy atom. The Kier molecular flexibility index (Phi) is 4.38. The average molecular weight is 460 g/mol. The highest BCUT2D eigenvalue weighted by Crippen LogP contribution is 2.49. The largest absolute Gasteiger partial charge is 0.480 e. The molecule has 5 aromatic rings. The van der Waals surface area contributed by atoms with Crippen molar-refractivity contribution in [3.63, 3.8) is 0 Å². The van der Waals surface area contributed by atoms with Gasteiger partial charge in [0.1, 0.15) is 17.4 Å². The number of halogens is 1. The molecule has 2 N–H and O–H groups in total. The molecule has 0 fully saturated rings. The van der Waals surface area contributed by atoms with Gasteiger partial charge in [0.2, 0.25) is 0 Å². The van der Waals surface area contributed by atoms with Gasteiger partial charge < -0.3 is 19.4 Å². The maximum Gasteiger partial charge on any atom is 0.327 e. The van der Waals surface area contributed by atoms with Crippen molar-refractivity contribution < 1.29 is 18.7 Å². The summed E-state index contributed by atoms with van der Waals surface area (Å²) in [6, 6.07) is 13.0. The molecule has 6 rings (SSSR count). The summed E-state index contributed by atoms with van der Waals surface area (Å²) >= 11 is 1.63. The monoisotopic (exact) mass is 460 g/mol. The lowest BCUT2D eigenvalue weighted by molar-refractivity contribution is -0.138. The van der Waals surface area contributed by atoms with Gasteiger partial charge in [-0.25, -0.2) is 9.18 Å². The van der Waals surface area contributed by atoms with Crippen molar-refractivity contribution in [2.24, 2.45) is 0 Å². The Morgan fingerprint density at radius 3 is 2.91 bits per heavy atom. The number of benzene rings is 2. The molecule has 2 aromatic carbocycles. The first-order chi connectivity index (χ1) is 16.0. The third-order valence-corrected chi connectivity index (χ3v) is 7.18. The molecule has 0 spiro atoms. The number of hydrogen-bond donors (Lipinski definition) is 2. The summed E-state index contributed by atoms with van der Waals surface area (Å²) < 4.78 is 21.8. The van der Waals surface area contributed by atoms with E-state index in [1.807, 2.05) is 29.6 Å². The number of aliphatic carboxylic acids is 1. The lowest BCUT2D eigenvalue weighted by atomic mass is 9.87. The van der Waals surface area contributed by atoms with Crippen LogP contribution in [0.3, 0.4) is 0 Å². The summed E-state index contributed by atoms with van der Waals surface area (Å²) in [5.74, 6) is -2.43. The Balaban J connectivity index is 1.59. The number of anilines is 1. The normalized spacial score (nSPS) is 17.7. The van der Waals surface area contributed by atoms with Gasteiger partial charge in [-0.1, -0.05) is 12.1 Å². The quantitative estimate of drug-likeness (QED) is 0.391. The number of thiophene rings is 1. The zero-order valence-corrected chi connectivity index (χ0v) is 17.9. The Morgan fingerprint density at radius 2 is 2.09 bits per heavy atom. The van der Waals surface area contributed by atoms with Gasteiger partial charge in [0.05, 0.1) is 17.6 Å². The minimum absolute atomic E-state index is 0.239. The summed E-state index contributed by atoms with van der Waals surface area (Å²) in [5, 5.41) is 13.6. The maximum absolute atomic E-state index is 15.0. The first-order valence-corrected chi connectivity index (χ1v) is 11.2. The zero-order valence-electron chi connectivity index (χ0n) is 17.1. The van der Waals surface area contributed by atoms with E-state index in [1.165, 1.54) is 24.6 Å². The average Bonchev–Trinajstić information content (AvgIpc) is 3.52. The molecule has 0 saturated heterocycles. The third kappa shape index (κ3) is 2.98. The van der Waals surface area contributed by atoms with E-state index in [2.05, 4.69) is 4.98 Å². The standard InChI is InChI=1S/C25H17FN2O4S/c26-17-11-18-21(23-15(17)5-8-32-23)20(16-2-1-7-27-24(16)29)22(25(30)31)28(18)12-13-3-4-19-14(10-13)6-9-33-19/h1-11,20,22H,12H2,(H,27,29)(H,30,31). The Labute approximate surface area is 190 Å². The molecule has 0 radical (unpaired) electrons. The molecule has 2 atom stereocenters. The number of carboxylic acids is 1. The van der Waals surface area contributed by atoms with Crippen molar-refractivity contribution in [1.29, 1.82) is 0 Å². The number of fused-ring (bicyclic) bond motifs is 4. The van der Waals surface area contributed by atoms with Crippen LogP contribution >= 0.6 is 11.3 Å². The lowest BCUT2D eigenvalue weighted by Crippen LogP contribution is -2.41. The predicted octanol–water partition coefficient (Wildman–Crippen LogP) is 5.08. The molecule has 0 saturated carbocycles. The number of furan rings is 1. The van der Waals surface area contributed by atoms with E-state index in [4.69, 9.17) is 4.42 Å². The van der Waals surface area contributed by atoms with Crippen molar-refractivity contribution in [2.75, 3.05) is 4.90 Å². The number of carboxylic acid groups (broad SMARTS) is 1. The third-order valence-electron chi connectivity index (χ3n) is 6.28. The lowest BCUT2D eigenvalue weighted by Gasteiger charge is -2.27. The molecular formula is C25H17FN2O4S. The van der Waals surface area contributed by atoms with Crippen molar-refractivity contribution in [3.05, 3.63) is 99.2 Å². The van der Waals surface area contributed by atoms with Crippen molar-refractivity contribution >= 4 is 44.0 Å². The fraction of sp³-hybridized carbons (Fsp3) is 0.120. The summed E-state index contributed by atoms with van der Waals surface area (Å²) in [5.41, 5.74) is 2.00. The molecule has 6 nitrogen and oxygen atoms in total. The second kappa shape index (κ2) is 7.31. The van der Waals surface area contributed by atoms with E-state index in [0.29, 0.717) is 16.8 Å². The van der Waals surface area contributed by atoms with Crippen LogP contribution in [0.1, 0.15) is 22.6 Å². The van der Waals surface area contributed by atoms with Crippen LogP contribution in [0.25, 0.3) is 21.1 Å². The van der Waals surface area contributed by atoms with Gasteiger partial charge in [0.25, 0.3) is 5.56 Å². The molecule has 0 aliphatic carbocycles. The van der Waals surface area contributed by atoms with Gasteiger partial charge in [-0.05, 0) is 52.7 Å². The molecule has 3 aromatic heterocycles. The molecule has 0 bridgehead atoms. The molecule has 2 unspecified atom stereocenters. The zero-order chi connectivity index (χ0) is 22.7. The van der Waals surface area contributed by atoms with Crippen LogP contribution in [0, 0.1) is 5.82 Å². The summed E-state index contributed by atoms with van der Waals surface area (Å²) in [7, 11) is 0. The second-order valence-electron chi connectivity index (χ2n) is 8.09. The van der Waals surface area contributed by atoms with Crippen molar-refractivity contribution in [2.45, 2.75) is 18.5 Å². The van der Waals surface area contributed by atoms with Gasteiger partial charge in [-0.2, -0.15) is 0 Å². The number of carbonyl (C=O) groups is 1. The molecule has 4 heterocycles. The van der Waals surface area contributed by atoms with Crippen LogP contribution in [0.5, 0.6) is 0 Å². The predicted molar refractivity (Wildman–Crippen MR) is 125 cm³/mol. The van der Waals surface area contributed by atoms with Crippen molar-refractivity contribution in [3.8, 4) is 0 Å². The number of rotatable bonds is 4. The number of pyridine rings is 1. The molecule has 1 aliphatic heterocycles. The number of nitrogens with one attached hydrogen (secondary N) is 1. The molecule has 8 heteroatoms. The summed E-state index contributed by atoms with van der Waals surface area (Å²) in [4.78, 5) is 29.6. The second-order valence-corrected chi connectivity index (χ2v) is 9.04. The summed E-state index contributed by atoms with van der Waals surface area (Å²) in [6.45, 7) is 0.239. The highest BCUT2D eigenvalue weighted by atomic mass is 32.1. The number of aromatic nitrogens is 1. The van der Waals surface area contributed by atoms with E-state index < -0.39 is 23.7 Å². The van der Waals surface area contributed by atoms with Crippen LogP contribution in [0.15, 0.2) is 75.6 Å². The van der Waals surface area contributed by atoms with E-state index >= 15 is 0 Å². The van der Waals surface area contributed by atoms with E-state index in [-0.39, 0.29) is 23.1 Å². The van der Waals surface area contributed by atoms with Crippen molar-refractivity contribution in [1.82, 2.24) is 4.98 Å². The molecule has 164 valence electrons. The van der Waals surface area contributed by atoms with E-state index in [9.17, 15) is 19.1 Å². The van der Waals surface area contributed by atoms with Gasteiger partial charge in [-0.15, -0.1) is 11.3 Å². The van der Waals surface area contributed by atoms with E-state index in [1.54, 1.807) is 28.4 Å². The topological polar surface area (TPSA) is 86.5 Å². The number of H-pyrrole nitrogens is 1. The fourth-order valence-electron chi connectivity index (χ4n) is 4.90. The molecule has 1 aliphatic rings. The van der Waals surface area contributed by atoms with Gasteiger partial charge >= 0.3 is 5.97 Å². The SMILES string of the molecule is O=C(O)C1C(c2ccc[nH]c2=O)c2c(cc(F)c3ccoc23)N1Cc1ccc2sccc2c1. The highest BCUT2D eigenvalue weighted by molar-refractivity contribution is 7.17. The fourth-order valence-corrected chi connectivity index (χ4v) is 5.67. The minimum Gasteiger partial charge on any atom is -0.480 e. The van der Waals surface area contributed by atoms with Gasteiger partial charge in [0.15, 0.2) is 0 Å². The number of nitrogens with zero attached hydrogens (tertiary/aromatic N) is 1. The first kappa shape index (κ1) is 19.8. The molecule has 33 heavy (non-hydrogen) atoms. The highest BCUT2D eigenvalue weighted by Gasteiger charge is 2.47. The van der Waals surface area contributed by atoms with Gasteiger partial charge in [0, 0.05) is 34.3 Å². The maximum atomic E-state index is 15.0. The van der Waals surface area contributed by atoms with Gasteiger partial charge in [-0.3, -0.25) is 4.79 Å². The Bertz CT molecular complexity index is 1600. The van der Waals surface area contributed by atoms with Crippen LogP contribution in [-0.4, -0.2) is 22.1 Å². The first-order valence-electron chi connectivity index (χ1n) is 10.4. The van der Waals surface area contributed by atoms with Crippen LogP contribution < -0.4 is 10.5 Å². The van der Waals surface area contributed by atoms with E-state index in [0.717, 1.165) is 15.6 Å².